The third-order valence-corrected chi connectivity index (χ3v) is 7.37. The van der Waals surface area contributed by atoms with Crippen LogP contribution in [0.25, 0.3) is 0 Å². The fourth-order valence-electron chi connectivity index (χ4n) is 3.47. The van der Waals surface area contributed by atoms with Gasteiger partial charge < -0.3 is 9.47 Å². The summed E-state index contributed by atoms with van der Waals surface area (Å²) >= 11 is 6.66. The van der Waals surface area contributed by atoms with Crippen LogP contribution >= 0.6 is 56.9 Å². The molecule has 2 bridgehead atoms. The molecule has 3 aliphatic heterocycles. The van der Waals surface area contributed by atoms with E-state index in [9.17, 15) is 0 Å². The molecule has 5 heteroatoms. The van der Waals surface area contributed by atoms with Gasteiger partial charge in [-0.15, -0.1) is 11.8 Å². The first kappa shape index (κ1) is 13.3. The molecule has 1 fully saturated rings. The van der Waals surface area contributed by atoms with E-state index in [2.05, 4.69) is 81.6 Å². The van der Waals surface area contributed by atoms with Gasteiger partial charge in [0.25, 0.3) is 0 Å². The fourth-order valence-corrected chi connectivity index (χ4v) is 7.15. The van der Waals surface area contributed by atoms with Gasteiger partial charge in [-0.1, -0.05) is 24.3 Å². The van der Waals surface area contributed by atoms with E-state index in [1.165, 1.54) is 14.7 Å². The standard InChI is InChI=1S/C16H10I2O2S/c17-7-5-10(18)12-11(6-7)19-13-14(20-12)16-9-4-2-1-3-8(9)15(13)21-16/h1-6,13-16H. The summed E-state index contributed by atoms with van der Waals surface area (Å²) < 4.78 is 15.1. The van der Waals surface area contributed by atoms with Crippen LogP contribution < -0.4 is 9.47 Å². The molecule has 0 N–H and O–H groups in total. The highest BCUT2D eigenvalue weighted by Crippen LogP contribution is 2.64. The lowest BCUT2D eigenvalue weighted by molar-refractivity contribution is 0.0215. The summed E-state index contributed by atoms with van der Waals surface area (Å²) in [5, 5.41) is 0.805. The molecule has 0 aromatic heterocycles. The van der Waals surface area contributed by atoms with Crippen molar-refractivity contribution in [3.05, 3.63) is 54.7 Å². The summed E-state index contributed by atoms with van der Waals surface area (Å²) in [5.41, 5.74) is 2.86. The van der Waals surface area contributed by atoms with E-state index >= 15 is 0 Å². The third kappa shape index (κ3) is 1.83. The lowest BCUT2D eigenvalue weighted by atomic mass is 9.87. The highest BCUT2D eigenvalue weighted by Gasteiger charge is 2.56. The first-order valence-electron chi connectivity index (χ1n) is 6.79. The van der Waals surface area contributed by atoms with E-state index in [1.807, 2.05) is 11.8 Å². The maximum Gasteiger partial charge on any atom is 0.175 e. The maximum atomic E-state index is 6.38. The molecule has 0 radical (unpaired) electrons. The summed E-state index contributed by atoms with van der Waals surface area (Å²) in [6.07, 6.45) is 0.271. The van der Waals surface area contributed by atoms with Crippen molar-refractivity contribution in [3.8, 4) is 11.5 Å². The number of benzene rings is 2. The average molecular weight is 520 g/mol. The SMILES string of the molecule is Ic1cc(I)c2c(c1)OC1C3SC(c4ccccc43)C1O2. The lowest BCUT2D eigenvalue weighted by Crippen LogP contribution is -2.43. The smallest absolute Gasteiger partial charge is 0.175 e. The van der Waals surface area contributed by atoms with Crippen molar-refractivity contribution in [2.24, 2.45) is 0 Å². The fraction of sp³-hybridized carbons (Fsp3) is 0.250. The average Bonchev–Trinajstić information content (AvgIpc) is 3.02. The van der Waals surface area contributed by atoms with E-state index in [0.29, 0.717) is 10.5 Å². The van der Waals surface area contributed by atoms with Crippen molar-refractivity contribution >= 4 is 56.9 Å². The molecular weight excluding hydrogens is 510 g/mol. The van der Waals surface area contributed by atoms with Gasteiger partial charge in [-0.05, 0) is 68.4 Å². The molecule has 2 aromatic rings. The molecule has 5 rings (SSSR count). The molecule has 0 spiro atoms. The molecule has 3 heterocycles. The number of hydrogen-bond acceptors (Lipinski definition) is 3. The number of rotatable bonds is 0. The first-order chi connectivity index (χ1) is 10.2. The van der Waals surface area contributed by atoms with Crippen LogP contribution in [0.3, 0.4) is 0 Å². The van der Waals surface area contributed by atoms with Crippen molar-refractivity contribution < 1.29 is 9.47 Å². The minimum Gasteiger partial charge on any atom is -0.481 e. The van der Waals surface area contributed by atoms with Gasteiger partial charge in [0, 0.05) is 3.57 Å². The molecule has 4 unspecified atom stereocenters. The van der Waals surface area contributed by atoms with E-state index in [0.717, 1.165) is 15.1 Å². The summed E-state index contributed by atoms with van der Waals surface area (Å²) in [7, 11) is 0. The highest BCUT2D eigenvalue weighted by atomic mass is 127. The third-order valence-electron chi connectivity index (χ3n) is 4.31. The minimum atomic E-state index is 0.135. The predicted octanol–water partition coefficient (Wildman–Crippen LogP) is 4.95. The Kier molecular flexibility index (Phi) is 2.96. The molecule has 0 saturated carbocycles. The molecule has 4 atom stereocenters. The number of fused-ring (bicyclic) bond motifs is 9. The normalized spacial score (nSPS) is 31.0. The maximum absolute atomic E-state index is 6.38. The monoisotopic (exact) mass is 520 g/mol. The number of thioether (sulfide) groups is 1. The molecule has 106 valence electrons. The van der Waals surface area contributed by atoms with Gasteiger partial charge in [-0.2, -0.15) is 0 Å². The van der Waals surface area contributed by atoms with Crippen LogP contribution in [0.15, 0.2) is 36.4 Å². The Balaban J connectivity index is 1.62. The minimum absolute atomic E-state index is 0.135. The Morgan fingerprint density at radius 1 is 0.905 bits per heavy atom. The van der Waals surface area contributed by atoms with E-state index in [1.54, 1.807) is 0 Å². The Labute approximate surface area is 154 Å². The highest BCUT2D eigenvalue weighted by molar-refractivity contribution is 14.1. The van der Waals surface area contributed by atoms with Crippen LogP contribution in [0.4, 0.5) is 0 Å². The molecule has 0 aliphatic carbocycles. The summed E-state index contributed by atoms with van der Waals surface area (Å²) in [6, 6.07) is 12.9. The van der Waals surface area contributed by atoms with Crippen LogP contribution in [0.1, 0.15) is 21.6 Å². The largest absolute Gasteiger partial charge is 0.481 e. The van der Waals surface area contributed by atoms with Gasteiger partial charge >= 0.3 is 0 Å². The van der Waals surface area contributed by atoms with Crippen molar-refractivity contribution in [2.75, 3.05) is 0 Å². The van der Waals surface area contributed by atoms with Crippen molar-refractivity contribution in [1.29, 1.82) is 0 Å². The Morgan fingerprint density at radius 3 is 2.29 bits per heavy atom. The van der Waals surface area contributed by atoms with Crippen LogP contribution in [-0.2, 0) is 0 Å². The van der Waals surface area contributed by atoms with E-state index in [-0.39, 0.29) is 12.2 Å². The van der Waals surface area contributed by atoms with Gasteiger partial charge in [0.15, 0.2) is 23.7 Å². The summed E-state index contributed by atoms with van der Waals surface area (Å²) in [6.45, 7) is 0. The van der Waals surface area contributed by atoms with Crippen LogP contribution in [0.2, 0.25) is 0 Å². The zero-order valence-corrected chi connectivity index (χ0v) is 15.9. The molecule has 1 saturated heterocycles. The van der Waals surface area contributed by atoms with Crippen molar-refractivity contribution in [3.63, 3.8) is 0 Å². The Hall–Kier alpha value is -0.150. The van der Waals surface area contributed by atoms with Gasteiger partial charge in [0.05, 0.1) is 14.1 Å². The molecule has 3 aliphatic rings. The van der Waals surface area contributed by atoms with Crippen LogP contribution in [0, 0.1) is 7.14 Å². The molecular formula is C16H10I2O2S. The molecule has 2 aromatic carbocycles. The second kappa shape index (κ2) is 4.67. The number of halogens is 2. The first-order valence-corrected chi connectivity index (χ1v) is 9.89. The van der Waals surface area contributed by atoms with Crippen LogP contribution in [-0.4, -0.2) is 12.2 Å². The molecule has 21 heavy (non-hydrogen) atoms. The topological polar surface area (TPSA) is 18.5 Å². The quantitative estimate of drug-likeness (QED) is 0.459. The van der Waals surface area contributed by atoms with Gasteiger partial charge in [0.1, 0.15) is 0 Å². The van der Waals surface area contributed by atoms with Crippen LogP contribution in [0.5, 0.6) is 11.5 Å². The second-order valence-electron chi connectivity index (χ2n) is 5.49. The molecule has 0 amide bonds. The second-order valence-corrected chi connectivity index (χ2v) is 9.18. The van der Waals surface area contributed by atoms with E-state index < -0.39 is 0 Å². The predicted molar refractivity (Wildman–Crippen MR) is 100 cm³/mol. The zero-order chi connectivity index (χ0) is 14.1. The summed E-state index contributed by atoms with van der Waals surface area (Å²) in [4.78, 5) is 0. The lowest BCUT2D eigenvalue weighted by Gasteiger charge is -2.37. The van der Waals surface area contributed by atoms with Crippen molar-refractivity contribution in [1.82, 2.24) is 0 Å². The molecule has 2 nitrogen and oxygen atoms in total. The van der Waals surface area contributed by atoms with Gasteiger partial charge in [0.2, 0.25) is 0 Å². The summed E-state index contributed by atoms with van der Waals surface area (Å²) in [5.74, 6) is 1.82. The van der Waals surface area contributed by atoms with Crippen molar-refractivity contribution in [2.45, 2.75) is 22.7 Å². The Morgan fingerprint density at radius 2 is 1.57 bits per heavy atom. The number of hydrogen-bond donors (Lipinski definition) is 0. The number of ether oxygens (including phenoxy) is 2. The van der Waals surface area contributed by atoms with Gasteiger partial charge in [-0.25, -0.2) is 0 Å². The zero-order valence-electron chi connectivity index (χ0n) is 10.8. The Bertz CT molecular complexity index is 764. The van der Waals surface area contributed by atoms with Gasteiger partial charge in [-0.3, -0.25) is 0 Å². The van der Waals surface area contributed by atoms with E-state index in [4.69, 9.17) is 9.47 Å².